The zero-order valence-corrected chi connectivity index (χ0v) is 12.5. The highest BCUT2D eigenvalue weighted by Crippen LogP contribution is 2.30. The van der Waals surface area contributed by atoms with Gasteiger partial charge < -0.3 is 10.4 Å². The fourth-order valence-corrected chi connectivity index (χ4v) is 2.28. The third kappa shape index (κ3) is 3.39. The number of phenolic OH excluding ortho intramolecular Hbond substituents is 1. The van der Waals surface area contributed by atoms with E-state index in [-0.39, 0.29) is 17.6 Å². The maximum absolute atomic E-state index is 13.2. The van der Waals surface area contributed by atoms with Crippen molar-refractivity contribution in [3.05, 3.63) is 57.3 Å². The van der Waals surface area contributed by atoms with Crippen molar-refractivity contribution in [1.29, 1.82) is 0 Å². The predicted molar refractivity (Wildman–Crippen MR) is 79.3 cm³/mol. The van der Waals surface area contributed by atoms with Gasteiger partial charge in [-0.3, -0.25) is 0 Å². The quantitative estimate of drug-likeness (QED) is 0.810. The molecule has 0 aliphatic rings. The van der Waals surface area contributed by atoms with Crippen LogP contribution >= 0.6 is 27.5 Å². The summed E-state index contributed by atoms with van der Waals surface area (Å²) >= 11 is 9.25. The number of aromatic hydroxyl groups is 1. The van der Waals surface area contributed by atoms with Crippen LogP contribution in [-0.4, -0.2) is 5.11 Å². The first-order valence-corrected chi connectivity index (χ1v) is 6.84. The molecule has 19 heavy (non-hydrogen) atoms. The summed E-state index contributed by atoms with van der Waals surface area (Å²) in [6, 6.07) is 9.06. The van der Waals surface area contributed by atoms with Crippen LogP contribution in [0.1, 0.15) is 18.5 Å². The van der Waals surface area contributed by atoms with Crippen molar-refractivity contribution in [1.82, 2.24) is 0 Å². The lowest BCUT2D eigenvalue weighted by Crippen LogP contribution is -2.07. The van der Waals surface area contributed by atoms with E-state index in [0.29, 0.717) is 10.6 Å². The fraction of sp³-hybridized carbons (Fsp3) is 0.143. The van der Waals surface area contributed by atoms with Crippen LogP contribution in [-0.2, 0) is 0 Å². The standard InChI is InChI=1S/C14H12BrClFNO/c1-8(11-6-9(17)2-5-14(11)19)18-10-3-4-13(16)12(15)7-10/h2-8,18-19H,1H3. The molecule has 2 rings (SSSR count). The first kappa shape index (κ1) is 14.2. The molecular formula is C14H12BrClFNO. The molecule has 5 heteroatoms. The van der Waals surface area contributed by atoms with Crippen LogP contribution < -0.4 is 5.32 Å². The van der Waals surface area contributed by atoms with Crippen molar-refractivity contribution in [2.24, 2.45) is 0 Å². The molecule has 2 nitrogen and oxygen atoms in total. The molecule has 0 aromatic heterocycles. The second kappa shape index (κ2) is 5.80. The van der Waals surface area contributed by atoms with Crippen molar-refractivity contribution in [3.8, 4) is 5.75 Å². The van der Waals surface area contributed by atoms with Crippen LogP contribution in [0.25, 0.3) is 0 Å². The van der Waals surface area contributed by atoms with Crippen LogP contribution in [0, 0.1) is 5.82 Å². The number of anilines is 1. The van der Waals surface area contributed by atoms with E-state index in [1.807, 2.05) is 19.1 Å². The summed E-state index contributed by atoms with van der Waals surface area (Å²) in [5.74, 6) is -0.312. The molecular weight excluding hydrogens is 333 g/mol. The van der Waals surface area contributed by atoms with Crippen LogP contribution in [0.3, 0.4) is 0 Å². The second-order valence-corrected chi connectivity index (χ2v) is 5.46. The van der Waals surface area contributed by atoms with Crippen LogP contribution in [0.5, 0.6) is 5.75 Å². The zero-order valence-electron chi connectivity index (χ0n) is 10.1. The number of phenols is 1. The highest BCUT2D eigenvalue weighted by Gasteiger charge is 2.12. The molecule has 1 unspecified atom stereocenters. The van der Waals surface area contributed by atoms with Gasteiger partial charge in [0.15, 0.2) is 0 Å². The summed E-state index contributed by atoms with van der Waals surface area (Å²) in [5, 5.41) is 13.5. The van der Waals surface area contributed by atoms with E-state index < -0.39 is 0 Å². The van der Waals surface area contributed by atoms with E-state index in [1.54, 1.807) is 6.07 Å². The van der Waals surface area contributed by atoms with Gasteiger partial charge in [-0.25, -0.2) is 4.39 Å². The molecule has 0 saturated carbocycles. The largest absolute Gasteiger partial charge is 0.508 e. The van der Waals surface area contributed by atoms with Crippen molar-refractivity contribution in [3.63, 3.8) is 0 Å². The molecule has 0 radical (unpaired) electrons. The summed E-state index contributed by atoms with van der Waals surface area (Å²) < 4.78 is 14.0. The first-order valence-electron chi connectivity index (χ1n) is 5.67. The number of hydrogen-bond acceptors (Lipinski definition) is 2. The minimum absolute atomic E-state index is 0.0643. The van der Waals surface area contributed by atoms with E-state index >= 15 is 0 Å². The van der Waals surface area contributed by atoms with E-state index in [9.17, 15) is 9.50 Å². The van der Waals surface area contributed by atoms with Crippen molar-refractivity contribution < 1.29 is 9.50 Å². The van der Waals surface area contributed by atoms with Gasteiger partial charge in [0.2, 0.25) is 0 Å². The van der Waals surface area contributed by atoms with Gasteiger partial charge in [-0.15, -0.1) is 0 Å². The number of nitrogens with one attached hydrogen (secondary N) is 1. The van der Waals surface area contributed by atoms with Gasteiger partial charge in [0.25, 0.3) is 0 Å². The summed E-state index contributed by atoms with van der Waals surface area (Å²) in [7, 11) is 0. The van der Waals surface area contributed by atoms with Gasteiger partial charge in [0.1, 0.15) is 11.6 Å². The monoisotopic (exact) mass is 343 g/mol. The van der Waals surface area contributed by atoms with E-state index in [4.69, 9.17) is 11.6 Å². The molecule has 0 aliphatic carbocycles. The SMILES string of the molecule is CC(Nc1ccc(Cl)c(Br)c1)c1cc(F)ccc1O. The molecule has 2 N–H and O–H groups in total. The molecule has 1 atom stereocenters. The van der Waals surface area contributed by atoms with Gasteiger partial charge >= 0.3 is 0 Å². The maximum atomic E-state index is 13.2. The molecule has 0 saturated heterocycles. The van der Waals surface area contributed by atoms with Gasteiger partial charge in [-0.2, -0.15) is 0 Å². The number of hydrogen-bond donors (Lipinski definition) is 2. The van der Waals surface area contributed by atoms with Crippen LogP contribution in [0.15, 0.2) is 40.9 Å². The summed E-state index contributed by atoms with van der Waals surface area (Å²) in [6.45, 7) is 1.84. The Kier molecular flexibility index (Phi) is 4.32. The highest BCUT2D eigenvalue weighted by atomic mass is 79.9. The minimum atomic E-state index is -0.376. The Labute approximate surface area is 124 Å². The lowest BCUT2D eigenvalue weighted by molar-refractivity contribution is 0.462. The van der Waals surface area contributed by atoms with Crippen molar-refractivity contribution in [2.75, 3.05) is 5.32 Å². The van der Waals surface area contributed by atoms with Crippen LogP contribution in [0.2, 0.25) is 5.02 Å². The summed E-state index contributed by atoms with van der Waals surface area (Å²) in [5.41, 5.74) is 1.33. The van der Waals surface area contributed by atoms with Crippen molar-refractivity contribution >= 4 is 33.2 Å². The van der Waals surface area contributed by atoms with Gasteiger partial charge in [-0.05, 0) is 59.3 Å². The predicted octanol–water partition coefficient (Wildman–Crippen LogP) is 5.12. The Bertz CT molecular complexity index is 606. The Morgan fingerprint density at radius 2 is 2.00 bits per heavy atom. The Morgan fingerprint density at radius 3 is 2.68 bits per heavy atom. The average Bonchev–Trinajstić information content (AvgIpc) is 2.36. The van der Waals surface area contributed by atoms with E-state index in [0.717, 1.165) is 10.2 Å². The molecule has 0 spiro atoms. The first-order chi connectivity index (χ1) is 8.97. The molecule has 2 aromatic carbocycles. The third-order valence-corrected chi connectivity index (χ3v) is 3.97. The van der Waals surface area contributed by atoms with E-state index in [2.05, 4.69) is 21.2 Å². The van der Waals surface area contributed by atoms with Gasteiger partial charge in [0, 0.05) is 15.7 Å². The van der Waals surface area contributed by atoms with E-state index in [1.165, 1.54) is 18.2 Å². The van der Waals surface area contributed by atoms with Gasteiger partial charge in [-0.1, -0.05) is 11.6 Å². The number of halogens is 3. The Balaban J connectivity index is 2.22. The Hall–Kier alpha value is -1.26. The highest BCUT2D eigenvalue weighted by molar-refractivity contribution is 9.10. The fourth-order valence-electron chi connectivity index (χ4n) is 1.79. The molecule has 100 valence electrons. The molecule has 0 aliphatic heterocycles. The summed E-state index contributed by atoms with van der Waals surface area (Å²) in [6.07, 6.45) is 0. The average molecular weight is 345 g/mol. The van der Waals surface area contributed by atoms with Gasteiger partial charge in [0.05, 0.1) is 11.1 Å². The van der Waals surface area contributed by atoms with Crippen molar-refractivity contribution in [2.45, 2.75) is 13.0 Å². The molecule has 0 bridgehead atoms. The lowest BCUT2D eigenvalue weighted by atomic mass is 10.1. The van der Waals surface area contributed by atoms with Crippen LogP contribution in [0.4, 0.5) is 10.1 Å². The summed E-state index contributed by atoms with van der Waals surface area (Å²) in [4.78, 5) is 0. The molecule has 0 amide bonds. The topological polar surface area (TPSA) is 32.3 Å². The third-order valence-electron chi connectivity index (χ3n) is 2.76. The second-order valence-electron chi connectivity index (χ2n) is 4.20. The zero-order chi connectivity index (χ0) is 14.0. The number of benzene rings is 2. The molecule has 2 aromatic rings. The maximum Gasteiger partial charge on any atom is 0.123 e. The smallest absolute Gasteiger partial charge is 0.123 e. The number of rotatable bonds is 3. The Morgan fingerprint density at radius 1 is 1.26 bits per heavy atom. The molecule has 0 heterocycles. The molecule has 0 fully saturated rings. The lowest BCUT2D eigenvalue weighted by Gasteiger charge is -2.17. The minimum Gasteiger partial charge on any atom is -0.508 e. The normalized spacial score (nSPS) is 12.2.